The maximum Gasteiger partial charge on any atom is 0.257 e. The fraction of sp³-hybridized carbons (Fsp3) is 0.222. The van der Waals surface area contributed by atoms with Crippen LogP contribution in [0.2, 0.25) is 0 Å². The average Bonchev–Trinajstić information content (AvgIpc) is 2.48. The molecule has 0 unspecified atom stereocenters. The molecule has 0 fully saturated rings. The molecule has 126 valence electrons. The lowest BCUT2D eigenvalue weighted by molar-refractivity contribution is 0.0977. The highest BCUT2D eigenvalue weighted by Gasteiger charge is 2.16. The van der Waals surface area contributed by atoms with Crippen molar-refractivity contribution in [1.82, 2.24) is 5.32 Å². The zero-order chi connectivity index (χ0) is 17.9. The summed E-state index contributed by atoms with van der Waals surface area (Å²) >= 11 is 8.49. The molecule has 0 spiro atoms. The number of rotatable bonds is 2. The number of amides is 1. The van der Waals surface area contributed by atoms with Crippen molar-refractivity contribution in [2.24, 2.45) is 0 Å². The SMILES string of the molecule is CC(C)(C)c1ccc(O)c(NC(=S)NC(=O)c2ccc(Br)cc2)c1. The van der Waals surface area contributed by atoms with Gasteiger partial charge in [-0.25, -0.2) is 0 Å². The molecule has 2 aromatic rings. The second kappa shape index (κ2) is 7.32. The zero-order valence-corrected chi connectivity index (χ0v) is 16.1. The Bertz CT molecular complexity index is 768. The third-order valence-corrected chi connectivity index (χ3v) is 4.18. The van der Waals surface area contributed by atoms with Gasteiger partial charge in [-0.15, -0.1) is 0 Å². The van der Waals surface area contributed by atoms with E-state index in [0.717, 1.165) is 10.0 Å². The molecular formula is C18H19BrN2O2S. The molecule has 2 rings (SSSR count). The Hall–Kier alpha value is -1.92. The fourth-order valence-corrected chi connectivity index (χ4v) is 2.50. The average molecular weight is 407 g/mol. The highest BCUT2D eigenvalue weighted by molar-refractivity contribution is 9.10. The smallest absolute Gasteiger partial charge is 0.257 e. The summed E-state index contributed by atoms with van der Waals surface area (Å²) < 4.78 is 0.892. The molecular weight excluding hydrogens is 388 g/mol. The van der Waals surface area contributed by atoms with Gasteiger partial charge >= 0.3 is 0 Å². The van der Waals surface area contributed by atoms with Crippen molar-refractivity contribution in [2.45, 2.75) is 26.2 Å². The minimum atomic E-state index is -0.313. The fourth-order valence-electron chi connectivity index (χ4n) is 2.03. The van der Waals surface area contributed by atoms with E-state index >= 15 is 0 Å². The normalized spacial score (nSPS) is 11.0. The second-order valence-electron chi connectivity index (χ2n) is 6.40. The van der Waals surface area contributed by atoms with Crippen molar-refractivity contribution in [3.05, 3.63) is 58.1 Å². The monoisotopic (exact) mass is 406 g/mol. The maximum absolute atomic E-state index is 12.2. The summed E-state index contributed by atoms with van der Waals surface area (Å²) in [5, 5.41) is 15.6. The van der Waals surface area contributed by atoms with Crippen LogP contribution in [0.1, 0.15) is 36.7 Å². The third kappa shape index (κ3) is 4.79. The maximum atomic E-state index is 12.2. The molecule has 0 aromatic heterocycles. The minimum absolute atomic E-state index is 0.0631. The molecule has 1 amide bonds. The molecule has 0 radical (unpaired) electrons. The quantitative estimate of drug-likeness (QED) is 0.504. The van der Waals surface area contributed by atoms with Gasteiger partial charge < -0.3 is 10.4 Å². The number of halogens is 1. The number of carbonyl (C=O) groups excluding carboxylic acids is 1. The van der Waals surface area contributed by atoms with E-state index in [1.54, 1.807) is 30.3 Å². The molecule has 0 heterocycles. The largest absolute Gasteiger partial charge is 0.506 e. The van der Waals surface area contributed by atoms with Crippen molar-refractivity contribution >= 4 is 44.9 Å². The first-order valence-electron chi connectivity index (χ1n) is 7.38. The van der Waals surface area contributed by atoms with Gasteiger partial charge in [0.05, 0.1) is 5.69 Å². The first kappa shape index (κ1) is 18.4. The number of carbonyl (C=O) groups is 1. The van der Waals surface area contributed by atoms with Crippen molar-refractivity contribution in [3.8, 4) is 5.75 Å². The predicted octanol–water partition coefficient (Wildman–Crippen LogP) is 4.58. The number of hydrogen-bond acceptors (Lipinski definition) is 3. The molecule has 0 aliphatic heterocycles. The van der Waals surface area contributed by atoms with Crippen LogP contribution in [0.15, 0.2) is 46.9 Å². The van der Waals surface area contributed by atoms with Crippen LogP contribution in [-0.2, 0) is 5.41 Å². The van der Waals surface area contributed by atoms with Crippen molar-refractivity contribution < 1.29 is 9.90 Å². The van der Waals surface area contributed by atoms with Gasteiger partial charge in [0.2, 0.25) is 0 Å². The standard InChI is InChI=1S/C18H19BrN2O2S/c1-18(2,3)12-6-9-15(22)14(10-12)20-17(24)21-16(23)11-4-7-13(19)8-5-11/h4-10,22H,1-3H3,(H2,20,21,23,24). The molecule has 6 heteroatoms. The molecule has 0 atom stereocenters. The van der Waals surface area contributed by atoms with Crippen LogP contribution in [0.3, 0.4) is 0 Å². The molecule has 3 N–H and O–H groups in total. The number of nitrogens with one attached hydrogen (secondary N) is 2. The number of anilines is 1. The van der Waals surface area contributed by atoms with E-state index in [2.05, 4.69) is 47.3 Å². The van der Waals surface area contributed by atoms with Crippen LogP contribution in [0, 0.1) is 0 Å². The summed E-state index contributed by atoms with van der Waals surface area (Å²) in [6.07, 6.45) is 0. The first-order chi connectivity index (χ1) is 11.2. The number of benzene rings is 2. The number of phenolic OH excluding ortho intramolecular Hbond substituents is 1. The summed E-state index contributed by atoms with van der Waals surface area (Å²) in [6.45, 7) is 6.24. The van der Waals surface area contributed by atoms with Gasteiger partial charge in [0.1, 0.15) is 5.75 Å². The van der Waals surface area contributed by atoms with Crippen molar-refractivity contribution in [2.75, 3.05) is 5.32 Å². The summed E-state index contributed by atoms with van der Waals surface area (Å²) in [5.41, 5.74) is 1.94. The van der Waals surface area contributed by atoms with Crippen LogP contribution in [0.5, 0.6) is 5.75 Å². The van der Waals surface area contributed by atoms with Crippen LogP contribution in [-0.4, -0.2) is 16.1 Å². The van der Waals surface area contributed by atoms with E-state index in [1.165, 1.54) is 0 Å². The summed E-state index contributed by atoms with van der Waals surface area (Å²) in [5.74, 6) is -0.241. The van der Waals surface area contributed by atoms with Gasteiger partial charge in [0, 0.05) is 10.0 Å². The zero-order valence-electron chi connectivity index (χ0n) is 13.7. The number of aromatic hydroxyl groups is 1. The lowest BCUT2D eigenvalue weighted by atomic mass is 9.87. The summed E-state index contributed by atoms with van der Waals surface area (Å²) in [4.78, 5) is 12.2. The molecule has 0 bridgehead atoms. The van der Waals surface area contributed by atoms with Crippen molar-refractivity contribution in [1.29, 1.82) is 0 Å². The number of hydrogen-bond donors (Lipinski definition) is 3. The summed E-state index contributed by atoms with van der Waals surface area (Å²) in [6, 6.07) is 12.3. The Morgan fingerprint density at radius 1 is 1.12 bits per heavy atom. The number of phenols is 1. The Kier molecular flexibility index (Phi) is 5.62. The Labute approximate surface area is 155 Å². The third-order valence-electron chi connectivity index (χ3n) is 3.44. The van der Waals surface area contributed by atoms with E-state index in [1.807, 2.05) is 12.1 Å². The van der Waals surface area contributed by atoms with Crippen LogP contribution < -0.4 is 10.6 Å². The van der Waals surface area contributed by atoms with Gasteiger partial charge in [0.25, 0.3) is 5.91 Å². The Balaban J connectivity index is 2.09. The van der Waals surface area contributed by atoms with E-state index in [9.17, 15) is 9.90 Å². The van der Waals surface area contributed by atoms with E-state index in [-0.39, 0.29) is 22.2 Å². The molecule has 0 saturated heterocycles. The predicted molar refractivity (Wildman–Crippen MR) is 105 cm³/mol. The van der Waals surface area contributed by atoms with Gasteiger partial charge in [-0.2, -0.15) is 0 Å². The molecule has 0 saturated carbocycles. The molecule has 2 aromatic carbocycles. The highest BCUT2D eigenvalue weighted by atomic mass is 79.9. The Morgan fingerprint density at radius 3 is 2.33 bits per heavy atom. The Morgan fingerprint density at radius 2 is 1.75 bits per heavy atom. The first-order valence-corrected chi connectivity index (χ1v) is 8.58. The van der Waals surface area contributed by atoms with E-state index < -0.39 is 0 Å². The van der Waals surface area contributed by atoms with Crippen molar-refractivity contribution in [3.63, 3.8) is 0 Å². The number of thiocarbonyl (C=S) groups is 1. The van der Waals surface area contributed by atoms with Crippen LogP contribution in [0.4, 0.5) is 5.69 Å². The van der Waals surface area contributed by atoms with Gasteiger partial charge in [0.15, 0.2) is 5.11 Å². The summed E-state index contributed by atoms with van der Waals surface area (Å²) in [7, 11) is 0. The topological polar surface area (TPSA) is 61.4 Å². The lowest BCUT2D eigenvalue weighted by Crippen LogP contribution is -2.34. The van der Waals surface area contributed by atoms with Gasteiger partial charge in [-0.3, -0.25) is 10.1 Å². The van der Waals surface area contributed by atoms with Gasteiger partial charge in [-0.05, 0) is 59.6 Å². The molecule has 0 aliphatic rings. The van der Waals surface area contributed by atoms with Crippen LogP contribution in [0.25, 0.3) is 0 Å². The minimum Gasteiger partial charge on any atom is -0.506 e. The highest BCUT2D eigenvalue weighted by Crippen LogP contribution is 2.30. The van der Waals surface area contributed by atoms with Gasteiger partial charge in [-0.1, -0.05) is 42.8 Å². The molecule has 24 heavy (non-hydrogen) atoms. The molecule has 0 aliphatic carbocycles. The van der Waals surface area contributed by atoms with E-state index in [0.29, 0.717) is 11.3 Å². The lowest BCUT2D eigenvalue weighted by Gasteiger charge is -2.21. The second-order valence-corrected chi connectivity index (χ2v) is 7.72. The molecule has 4 nitrogen and oxygen atoms in total. The van der Waals surface area contributed by atoms with Crippen LogP contribution >= 0.6 is 28.1 Å². The van der Waals surface area contributed by atoms with E-state index in [4.69, 9.17) is 12.2 Å².